The second-order valence-electron chi connectivity index (χ2n) is 3.19. The molecule has 0 aromatic carbocycles. The fourth-order valence-electron chi connectivity index (χ4n) is 1.16. The quantitative estimate of drug-likeness (QED) is 0.880. The fourth-order valence-corrected chi connectivity index (χ4v) is 1.16. The second kappa shape index (κ2) is 4.09. The summed E-state index contributed by atoms with van der Waals surface area (Å²) >= 11 is 0. The van der Waals surface area contributed by atoms with Gasteiger partial charge < -0.3 is 5.11 Å². The van der Waals surface area contributed by atoms with Gasteiger partial charge in [-0.2, -0.15) is 18.3 Å². The first-order valence-corrected chi connectivity index (χ1v) is 4.57. The summed E-state index contributed by atoms with van der Waals surface area (Å²) in [5, 5.41) is 11.9. The molecule has 0 saturated heterocycles. The molecule has 0 unspecified atom stereocenters. The minimum absolute atomic E-state index is 0.245. The van der Waals surface area contributed by atoms with Crippen molar-refractivity contribution in [3.05, 3.63) is 35.9 Å². The molecule has 0 aliphatic rings. The summed E-state index contributed by atoms with van der Waals surface area (Å²) in [6.45, 7) is 0. The van der Waals surface area contributed by atoms with Crippen molar-refractivity contribution in [2.24, 2.45) is 0 Å². The SMILES string of the molecule is O=C(O)c1ccnc(-n2ccc(C(F)(F)F)n2)n1. The van der Waals surface area contributed by atoms with Crippen molar-refractivity contribution in [2.45, 2.75) is 6.18 Å². The molecule has 0 spiro atoms. The number of aromatic nitrogens is 4. The summed E-state index contributed by atoms with van der Waals surface area (Å²) in [4.78, 5) is 17.9. The van der Waals surface area contributed by atoms with E-state index in [1.807, 2.05) is 0 Å². The zero-order chi connectivity index (χ0) is 13.3. The van der Waals surface area contributed by atoms with E-state index in [1.165, 1.54) is 0 Å². The standard InChI is InChI=1S/C9H5F3N4O2/c10-9(11,12)6-2-4-16(15-6)8-13-3-1-5(14-8)7(17)18/h1-4H,(H,17,18). The van der Waals surface area contributed by atoms with Crippen LogP contribution in [-0.2, 0) is 6.18 Å². The summed E-state index contributed by atoms with van der Waals surface area (Å²) in [5.41, 5.74) is -1.43. The first-order chi connectivity index (χ1) is 8.38. The lowest BCUT2D eigenvalue weighted by atomic mass is 10.4. The number of hydrogen-bond donors (Lipinski definition) is 1. The number of carboxylic acid groups (broad SMARTS) is 1. The third-order valence-corrected chi connectivity index (χ3v) is 1.95. The van der Waals surface area contributed by atoms with Crippen LogP contribution < -0.4 is 0 Å². The highest BCUT2D eigenvalue weighted by Crippen LogP contribution is 2.27. The van der Waals surface area contributed by atoms with Crippen molar-refractivity contribution < 1.29 is 23.1 Å². The van der Waals surface area contributed by atoms with Gasteiger partial charge in [0.05, 0.1) is 0 Å². The largest absolute Gasteiger partial charge is 0.477 e. The predicted molar refractivity (Wildman–Crippen MR) is 51.1 cm³/mol. The monoisotopic (exact) mass is 258 g/mol. The minimum Gasteiger partial charge on any atom is -0.477 e. The van der Waals surface area contributed by atoms with Gasteiger partial charge in [-0.3, -0.25) is 0 Å². The number of carboxylic acids is 1. The van der Waals surface area contributed by atoms with Gasteiger partial charge in [-0.25, -0.2) is 19.4 Å². The van der Waals surface area contributed by atoms with Crippen LogP contribution in [0.4, 0.5) is 13.2 Å². The van der Waals surface area contributed by atoms with Crippen LogP contribution in [0.15, 0.2) is 24.5 Å². The number of rotatable bonds is 2. The molecule has 0 radical (unpaired) electrons. The first-order valence-electron chi connectivity index (χ1n) is 4.57. The summed E-state index contributed by atoms with van der Waals surface area (Å²) < 4.78 is 37.7. The van der Waals surface area contributed by atoms with Crippen molar-refractivity contribution in [1.82, 2.24) is 19.7 Å². The Balaban J connectivity index is 2.40. The van der Waals surface area contributed by atoms with Gasteiger partial charge in [-0.15, -0.1) is 0 Å². The molecule has 0 atom stereocenters. The normalized spacial score (nSPS) is 11.5. The molecule has 9 heteroatoms. The Labute approximate surface area is 97.7 Å². The van der Waals surface area contributed by atoms with Crippen LogP contribution in [-0.4, -0.2) is 30.8 Å². The molecule has 2 rings (SSSR count). The number of halogens is 3. The summed E-state index contributed by atoms with van der Waals surface area (Å²) in [5.74, 6) is -1.55. The van der Waals surface area contributed by atoms with Gasteiger partial charge in [-0.1, -0.05) is 0 Å². The van der Waals surface area contributed by atoms with E-state index in [0.717, 1.165) is 29.2 Å². The average Bonchev–Trinajstić information content (AvgIpc) is 2.78. The Morgan fingerprint density at radius 1 is 1.33 bits per heavy atom. The lowest BCUT2D eigenvalue weighted by Gasteiger charge is -2.02. The molecular weight excluding hydrogens is 253 g/mol. The molecule has 2 heterocycles. The Hall–Kier alpha value is -2.45. The topological polar surface area (TPSA) is 80.9 Å². The van der Waals surface area contributed by atoms with Crippen molar-refractivity contribution in [3.63, 3.8) is 0 Å². The highest BCUT2D eigenvalue weighted by Gasteiger charge is 2.33. The third-order valence-electron chi connectivity index (χ3n) is 1.95. The molecular formula is C9H5F3N4O2. The number of carbonyl (C=O) groups is 1. The van der Waals surface area contributed by atoms with Gasteiger partial charge in [0, 0.05) is 12.4 Å². The molecule has 6 nitrogen and oxygen atoms in total. The molecule has 0 amide bonds. The van der Waals surface area contributed by atoms with Crippen LogP contribution in [0.1, 0.15) is 16.2 Å². The van der Waals surface area contributed by atoms with Gasteiger partial charge >= 0.3 is 12.1 Å². The van der Waals surface area contributed by atoms with Gasteiger partial charge in [0.15, 0.2) is 11.4 Å². The molecule has 94 valence electrons. The zero-order valence-electron chi connectivity index (χ0n) is 8.59. The maximum atomic E-state index is 12.3. The Morgan fingerprint density at radius 2 is 2.06 bits per heavy atom. The average molecular weight is 258 g/mol. The van der Waals surface area contributed by atoms with Crippen LogP contribution >= 0.6 is 0 Å². The Morgan fingerprint density at radius 3 is 2.61 bits per heavy atom. The van der Waals surface area contributed by atoms with E-state index < -0.39 is 17.8 Å². The van der Waals surface area contributed by atoms with Crippen molar-refractivity contribution in [1.29, 1.82) is 0 Å². The molecule has 2 aromatic heterocycles. The van der Waals surface area contributed by atoms with E-state index in [1.54, 1.807) is 0 Å². The number of nitrogens with zero attached hydrogens (tertiary/aromatic N) is 4. The lowest BCUT2D eigenvalue weighted by molar-refractivity contribution is -0.141. The van der Waals surface area contributed by atoms with E-state index in [9.17, 15) is 18.0 Å². The molecule has 1 N–H and O–H groups in total. The van der Waals surface area contributed by atoms with E-state index in [-0.39, 0.29) is 11.6 Å². The van der Waals surface area contributed by atoms with E-state index >= 15 is 0 Å². The predicted octanol–water partition coefficient (Wildman–Crippen LogP) is 1.38. The molecule has 2 aromatic rings. The van der Waals surface area contributed by atoms with Crippen LogP contribution in [0.25, 0.3) is 5.95 Å². The smallest absolute Gasteiger partial charge is 0.435 e. The first kappa shape index (κ1) is 12.0. The fraction of sp³-hybridized carbons (Fsp3) is 0.111. The molecule has 18 heavy (non-hydrogen) atoms. The van der Waals surface area contributed by atoms with Gasteiger partial charge in [0.2, 0.25) is 0 Å². The molecule has 0 aliphatic carbocycles. The van der Waals surface area contributed by atoms with E-state index in [0.29, 0.717) is 0 Å². The van der Waals surface area contributed by atoms with Crippen molar-refractivity contribution in [2.75, 3.05) is 0 Å². The summed E-state index contributed by atoms with van der Waals surface area (Å²) in [7, 11) is 0. The third kappa shape index (κ3) is 2.29. The van der Waals surface area contributed by atoms with Crippen LogP contribution in [0.2, 0.25) is 0 Å². The van der Waals surface area contributed by atoms with Gasteiger partial charge in [0.25, 0.3) is 5.95 Å². The molecule has 0 fully saturated rings. The number of hydrogen-bond acceptors (Lipinski definition) is 4. The van der Waals surface area contributed by atoms with Crippen molar-refractivity contribution >= 4 is 5.97 Å². The highest BCUT2D eigenvalue weighted by molar-refractivity contribution is 5.85. The van der Waals surface area contributed by atoms with Crippen LogP contribution in [0.3, 0.4) is 0 Å². The maximum Gasteiger partial charge on any atom is 0.435 e. The molecule has 0 aliphatic heterocycles. The maximum absolute atomic E-state index is 12.3. The number of alkyl halides is 3. The van der Waals surface area contributed by atoms with E-state index in [4.69, 9.17) is 5.11 Å². The minimum atomic E-state index is -4.57. The van der Waals surface area contributed by atoms with Crippen LogP contribution in [0, 0.1) is 0 Å². The lowest BCUT2D eigenvalue weighted by Crippen LogP contribution is -2.10. The van der Waals surface area contributed by atoms with Crippen molar-refractivity contribution in [3.8, 4) is 5.95 Å². The summed E-state index contributed by atoms with van der Waals surface area (Å²) in [6.07, 6.45) is -2.44. The van der Waals surface area contributed by atoms with E-state index in [2.05, 4.69) is 15.1 Å². The zero-order valence-corrected chi connectivity index (χ0v) is 8.59. The summed E-state index contributed by atoms with van der Waals surface area (Å²) in [6, 6.07) is 1.87. The van der Waals surface area contributed by atoms with Crippen LogP contribution in [0.5, 0.6) is 0 Å². The Kier molecular flexibility index (Phi) is 2.73. The highest BCUT2D eigenvalue weighted by atomic mass is 19.4. The molecule has 0 saturated carbocycles. The Bertz CT molecular complexity index is 593. The van der Waals surface area contributed by atoms with Gasteiger partial charge in [-0.05, 0) is 12.1 Å². The number of aromatic carboxylic acids is 1. The van der Waals surface area contributed by atoms with Gasteiger partial charge in [0.1, 0.15) is 0 Å². The second-order valence-corrected chi connectivity index (χ2v) is 3.19. The molecule has 0 bridgehead atoms.